The van der Waals surface area contributed by atoms with Gasteiger partial charge in [-0.2, -0.15) is 0 Å². The molecule has 1 aromatic rings. The van der Waals surface area contributed by atoms with Crippen molar-refractivity contribution >= 4 is 15.7 Å². The van der Waals surface area contributed by atoms with Crippen molar-refractivity contribution in [3.05, 3.63) is 34.4 Å². The quantitative estimate of drug-likeness (QED) is 0.557. The number of hydrogen-bond acceptors (Lipinski definition) is 6. The van der Waals surface area contributed by atoms with Crippen LogP contribution in [-0.2, 0) is 10.0 Å². The number of rotatable bonds is 7. The number of sulfonamides is 1. The van der Waals surface area contributed by atoms with Crippen molar-refractivity contribution in [3.63, 3.8) is 0 Å². The Morgan fingerprint density at radius 3 is 2.57 bits per heavy atom. The maximum atomic E-state index is 12.2. The highest BCUT2D eigenvalue weighted by Gasteiger charge is 2.25. The molecule has 2 N–H and O–H groups in total. The van der Waals surface area contributed by atoms with Crippen molar-refractivity contribution in [1.82, 2.24) is 9.62 Å². The van der Waals surface area contributed by atoms with Crippen LogP contribution in [0.2, 0.25) is 0 Å². The third-order valence-corrected chi connectivity index (χ3v) is 5.25. The van der Waals surface area contributed by atoms with E-state index < -0.39 is 31.6 Å². The summed E-state index contributed by atoms with van der Waals surface area (Å²) in [5.41, 5.74) is -0.481. The lowest BCUT2D eigenvalue weighted by atomic mass is 10.1. The van der Waals surface area contributed by atoms with Crippen molar-refractivity contribution in [2.45, 2.75) is 30.3 Å². The lowest BCUT2D eigenvalue weighted by molar-refractivity contribution is -0.387. The van der Waals surface area contributed by atoms with Gasteiger partial charge in [0.2, 0.25) is 10.0 Å². The predicted molar refractivity (Wildman–Crippen MR) is 84.6 cm³/mol. The van der Waals surface area contributed by atoms with Crippen LogP contribution >= 0.6 is 0 Å². The fourth-order valence-electron chi connectivity index (χ4n) is 2.62. The second-order valence-corrected chi connectivity index (χ2v) is 7.33. The van der Waals surface area contributed by atoms with E-state index in [4.69, 9.17) is 0 Å². The van der Waals surface area contributed by atoms with E-state index in [9.17, 15) is 23.6 Å². The van der Waals surface area contributed by atoms with Crippen LogP contribution in [-0.4, -0.2) is 55.6 Å². The van der Waals surface area contributed by atoms with E-state index in [1.807, 2.05) is 0 Å². The molecule has 0 spiro atoms. The number of nitrogens with one attached hydrogen (secondary N) is 1. The van der Waals surface area contributed by atoms with Gasteiger partial charge in [0.1, 0.15) is 0 Å². The maximum absolute atomic E-state index is 12.2. The van der Waals surface area contributed by atoms with Crippen LogP contribution in [0.5, 0.6) is 0 Å². The number of nitro groups is 1. The first-order valence-electron chi connectivity index (χ1n) is 7.53. The number of aliphatic hydroxyl groups is 1. The molecule has 0 radical (unpaired) electrons. The largest absolute Gasteiger partial charge is 0.390 e. The molecule has 8 nitrogen and oxygen atoms in total. The summed E-state index contributed by atoms with van der Waals surface area (Å²) in [6, 6.07) is 5.14. The van der Waals surface area contributed by atoms with E-state index in [0.29, 0.717) is 6.54 Å². The highest BCUT2D eigenvalue weighted by atomic mass is 32.2. The average Bonchev–Trinajstić information content (AvgIpc) is 2.54. The Kier molecular flexibility index (Phi) is 6.05. The standard InChI is InChI=1S/C14H21N3O5S/c18-12(11-16-8-4-1-5-9-16)10-15-23(21,22)14-7-3-2-6-13(14)17(19)20/h2-3,6-7,12,15,18H,1,4-5,8-11H2. The highest BCUT2D eigenvalue weighted by molar-refractivity contribution is 7.89. The molecule has 1 aliphatic heterocycles. The van der Waals surface area contributed by atoms with Crippen molar-refractivity contribution < 1.29 is 18.4 Å². The number of aliphatic hydroxyl groups excluding tert-OH is 1. The molecule has 1 aromatic carbocycles. The molecular formula is C14H21N3O5S. The van der Waals surface area contributed by atoms with Gasteiger partial charge < -0.3 is 10.0 Å². The topological polar surface area (TPSA) is 113 Å². The lowest BCUT2D eigenvalue weighted by Gasteiger charge is -2.28. The van der Waals surface area contributed by atoms with Gasteiger partial charge in [-0.25, -0.2) is 13.1 Å². The van der Waals surface area contributed by atoms with Crippen LogP contribution in [0.3, 0.4) is 0 Å². The number of nitrogens with zero attached hydrogens (tertiary/aromatic N) is 2. The number of para-hydroxylation sites is 1. The predicted octanol–water partition coefficient (Wildman–Crippen LogP) is 0.720. The van der Waals surface area contributed by atoms with Gasteiger partial charge >= 0.3 is 0 Å². The molecule has 1 unspecified atom stereocenters. The van der Waals surface area contributed by atoms with Gasteiger partial charge in [-0.1, -0.05) is 18.6 Å². The van der Waals surface area contributed by atoms with E-state index in [1.54, 1.807) is 0 Å². The minimum absolute atomic E-state index is 0.176. The summed E-state index contributed by atoms with van der Waals surface area (Å²) >= 11 is 0. The van der Waals surface area contributed by atoms with Crippen LogP contribution in [0.15, 0.2) is 29.2 Å². The molecule has 0 bridgehead atoms. The first-order valence-corrected chi connectivity index (χ1v) is 9.02. The number of likely N-dealkylation sites (tertiary alicyclic amines) is 1. The van der Waals surface area contributed by atoms with E-state index >= 15 is 0 Å². The van der Waals surface area contributed by atoms with E-state index in [-0.39, 0.29) is 6.54 Å². The van der Waals surface area contributed by atoms with Gasteiger partial charge in [0.15, 0.2) is 4.90 Å². The van der Waals surface area contributed by atoms with E-state index in [2.05, 4.69) is 9.62 Å². The van der Waals surface area contributed by atoms with Crippen LogP contribution in [0.4, 0.5) is 5.69 Å². The zero-order valence-electron chi connectivity index (χ0n) is 12.7. The normalized spacial score (nSPS) is 17.8. The highest BCUT2D eigenvalue weighted by Crippen LogP contribution is 2.22. The maximum Gasteiger partial charge on any atom is 0.289 e. The second kappa shape index (κ2) is 7.82. The van der Waals surface area contributed by atoms with Gasteiger partial charge in [-0.15, -0.1) is 0 Å². The summed E-state index contributed by atoms with van der Waals surface area (Å²) in [5.74, 6) is 0. The third-order valence-electron chi connectivity index (χ3n) is 3.78. The van der Waals surface area contributed by atoms with Gasteiger partial charge in [0.05, 0.1) is 11.0 Å². The fraction of sp³-hybridized carbons (Fsp3) is 0.571. The molecule has 2 rings (SSSR count). The average molecular weight is 343 g/mol. The minimum Gasteiger partial charge on any atom is -0.390 e. The van der Waals surface area contributed by atoms with Crippen LogP contribution in [0.1, 0.15) is 19.3 Å². The lowest BCUT2D eigenvalue weighted by Crippen LogP contribution is -2.42. The molecule has 1 atom stereocenters. The van der Waals surface area contributed by atoms with E-state index in [0.717, 1.165) is 32.0 Å². The van der Waals surface area contributed by atoms with Gasteiger partial charge in [-0.05, 0) is 32.0 Å². The van der Waals surface area contributed by atoms with Gasteiger partial charge in [0, 0.05) is 19.2 Å². The molecule has 0 saturated carbocycles. The molecule has 0 amide bonds. The second-order valence-electron chi connectivity index (χ2n) is 5.59. The summed E-state index contributed by atoms with van der Waals surface area (Å²) in [6.45, 7) is 2.01. The fourth-order valence-corrected chi connectivity index (χ4v) is 3.87. The van der Waals surface area contributed by atoms with Crippen molar-refractivity contribution in [1.29, 1.82) is 0 Å². The first kappa shape index (κ1) is 17.8. The zero-order valence-corrected chi connectivity index (χ0v) is 13.5. The summed E-state index contributed by atoms with van der Waals surface area (Å²) in [7, 11) is -4.04. The smallest absolute Gasteiger partial charge is 0.289 e. The Hall–Kier alpha value is -1.55. The van der Waals surface area contributed by atoms with Crippen LogP contribution in [0, 0.1) is 10.1 Å². The molecule has 1 aliphatic rings. The van der Waals surface area contributed by atoms with Crippen molar-refractivity contribution in [3.8, 4) is 0 Å². The summed E-state index contributed by atoms with van der Waals surface area (Å²) in [5, 5.41) is 20.9. The van der Waals surface area contributed by atoms with E-state index in [1.165, 1.54) is 24.6 Å². The monoisotopic (exact) mass is 343 g/mol. The number of β-amino-alcohol motifs (C(OH)–C–C–N with tert-alkyl or cyclic N) is 1. The molecule has 0 aliphatic carbocycles. The molecule has 0 aromatic heterocycles. The first-order chi connectivity index (χ1) is 10.9. The Balaban J connectivity index is 1.97. The Morgan fingerprint density at radius 1 is 1.26 bits per heavy atom. The minimum atomic E-state index is -4.04. The molecular weight excluding hydrogens is 322 g/mol. The molecule has 128 valence electrons. The SMILES string of the molecule is O=[N+]([O-])c1ccccc1S(=O)(=O)NCC(O)CN1CCCCC1. The Labute approximate surface area is 135 Å². The summed E-state index contributed by atoms with van der Waals surface area (Å²) in [6.07, 6.45) is 2.48. The molecule has 1 saturated heterocycles. The third kappa shape index (κ3) is 4.96. The molecule has 23 heavy (non-hydrogen) atoms. The molecule has 1 heterocycles. The van der Waals surface area contributed by atoms with Crippen LogP contribution in [0.25, 0.3) is 0 Å². The van der Waals surface area contributed by atoms with Crippen LogP contribution < -0.4 is 4.72 Å². The number of hydrogen-bond donors (Lipinski definition) is 2. The summed E-state index contributed by atoms with van der Waals surface area (Å²) < 4.78 is 26.7. The van der Waals surface area contributed by atoms with Gasteiger partial charge in [0.25, 0.3) is 5.69 Å². The molecule has 9 heteroatoms. The number of piperidine rings is 1. The Bertz CT molecular complexity index is 644. The zero-order chi connectivity index (χ0) is 16.9. The van der Waals surface area contributed by atoms with Gasteiger partial charge in [-0.3, -0.25) is 10.1 Å². The number of nitro benzene ring substituents is 1. The summed E-state index contributed by atoms with van der Waals surface area (Å²) in [4.78, 5) is 11.9. The van der Waals surface area contributed by atoms with Crippen molar-refractivity contribution in [2.24, 2.45) is 0 Å². The number of benzene rings is 1. The van der Waals surface area contributed by atoms with Crippen molar-refractivity contribution in [2.75, 3.05) is 26.2 Å². The Morgan fingerprint density at radius 2 is 1.91 bits per heavy atom. The molecule has 1 fully saturated rings.